The standard InChI is InChI=1S/C9H17N3O/c1-7(2)11-9(10)12-5-3-4-8(12)6-13/h8,10,13H,3-6H2,1-2H3/t8-/m0/s1. The van der Waals surface area contributed by atoms with Crippen molar-refractivity contribution in [3.8, 4) is 0 Å². The summed E-state index contributed by atoms with van der Waals surface area (Å²) in [4.78, 5) is 5.94. The van der Waals surface area contributed by atoms with E-state index in [9.17, 15) is 0 Å². The van der Waals surface area contributed by atoms with E-state index < -0.39 is 0 Å². The lowest BCUT2D eigenvalue weighted by atomic mass is 10.2. The van der Waals surface area contributed by atoms with Crippen LogP contribution in [0.1, 0.15) is 26.7 Å². The number of hydrogen-bond donors (Lipinski definition) is 2. The van der Waals surface area contributed by atoms with E-state index in [1.54, 1.807) is 0 Å². The zero-order chi connectivity index (χ0) is 9.84. The number of rotatable bonds is 1. The predicted molar refractivity (Wildman–Crippen MR) is 53.3 cm³/mol. The molecule has 0 spiro atoms. The van der Waals surface area contributed by atoms with Crippen LogP contribution in [0.3, 0.4) is 0 Å². The van der Waals surface area contributed by atoms with Gasteiger partial charge in [0.1, 0.15) is 0 Å². The largest absolute Gasteiger partial charge is 0.394 e. The van der Waals surface area contributed by atoms with Crippen LogP contribution in [-0.2, 0) is 0 Å². The van der Waals surface area contributed by atoms with Crippen molar-refractivity contribution in [1.29, 1.82) is 5.41 Å². The third kappa shape index (κ3) is 2.52. The minimum absolute atomic E-state index is 0.107. The molecular formula is C9H17N3O. The highest BCUT2D eigenvalue weighted by atomic mass is 16.3. The fourth-order valence-electron chi connectivity index (χ4n) is 1.58. The summed E-state index contributed by atoms with van der Waals surface area (Å²) >= 11 is 0. The van der Waals surface area contributed by atoms with E-state index in [0.29, 0.717) is 0 Å². The number of aliphatic hydroxyl groups is 1. The predicted octanol–water partition coefficient (Wildman–Crippen LogP) is 0.859. The maximum Gasteiger partial charge on any atom is 0.217 e. The minimum Gasteiger partial charge on any atom is -0.394 e. The third-order valence-corrected chi connectivity index (χ3v) is 2.19. The van der Waals surface area contributed by atoms with Crippen molar-refractivity contribution in [3.05, 3.63) is 0 Å². The molecule has 1 aliphatic heterocycles. The molecule has 4 heteroatoms. The van der Waals surface area contributed by atoms with Crippen LogP contribution < -0.4 is 0 Å². The van der Waals surface area contributed by atoms with Gasteiger partial charge >= 0.3 is 0 Å². The second-order valence-electron chi connectivity index (χ2n) is 3.55. The van der Waals surface area contributed by atoms with Crippen LogP contribution in [0.15, 0.2) is 4.99 Å². The Labute approximate surface area is 78.8 Å². The normalized spacial score (nSPS) is 21.8. The van der Waals surface area contributed by atoms with Gasteiger partial charge in [0, 0.05) is 12.3 Å². The van der Waals surface area contributed by atoms with Crippen LogP contribution in [0.4, 0.5) is 0 Å². The highest BCUT2D eigenvalue weighted by Gasteiger charge is 2.25. The molecule has 0 radical (unpaired) electrons. The highest BCUT2D eigenvalue weighted by molar-refractivity contribution is 5.93. The Morgan fingerprint density at radius 1 is 1.62 bits per heavy atom. The molecular weight excluding hydrogens is 166 g/mol. The molecule has 0 saturated carbocycles. The number of aliphatic hydroxyl groups excluding tert-OH is 1. The van der Waals surface area contributed by atoms with Gasteiger partial charge in [0.05, 0.1) is 12.6 Å². The van der Waals surface area contributed by atoms with E-state index in [2.05, 4.69) is 4.99 Å². The molecule has 1 atom stereocenters. The van der Waals surface area contributed by atoms with Crippen LogP contribution >= 0.6 is 0 Å². The third-order valence-electron chi connectivity index (χ3n) is 2.19. The lowest BCUT2D eigenvalue weighted by Gasteiger charge is -2.22. The second kappa shape index (κ2) is 4.37. The molecule has 1 heterocycles. The van der Waals surface area contributed by atoms with Crippen LogP contribution in [0.2, 0.25) is 0 Å². The van der Waals surface area contributed by atoms with Crippen molar-refractivity contribution in [2.24, 2.45) is 4.99 Å². The molecule has 0 aromatic rings. The van der Waals surface area contributed by atoms with Gasteiger partial charge in [0.15, 0.2) is 0 Å². The zero-order valence-electron chi connectivity index (χ0n) is 8.25. The summed E-state index contributed by atoms with van der Waals surface area (Å²) in [5.41, 5.74) is 0.883. The Balaban J connectivity index is 2.60. The number of nitrogens with one attached hydrogen (secondary N) is 1. The summed E-state index contributed by atoms with van der Waals surface area (Å²) in [5.74, 6) is 0.288. The Morgan fingerprint density at radius 2 is 2.31 bits per heavy atom. The van der Waals surface area contributed by atoms with E-state index in [0.717, 1.165) is 25.1 Å². The van der Waals surface area contributed by atoms with E-state index in [-0.39, 0.29) is 18.6 Å². The summed E-state index contributed by atoms with van der Waals surface area (Å²) < 4.78 is 0. The van der Waals surface area contributed by atoms with Crippen molar-refractivity contribution in [3.63, 3.8) is 0 Å². The first-order valence-corrected chi connectivity index (χ1v) is 4.63. The van der Waals surface area contributed by atoms with Gasteiger partial charge in [0.2, 0.25) is 5.96 Å². The molecule has 0 bridgehead atoms. The molecule has 1 saturated heterocycles. The number of nitrogens with zero attached hydrogens (tertiary/aromatic N) is 2. The molecule has 0 unspecified atom stereocenters. The van der Waals surface area contributed by atoms with Gasteiger partial charge in [-0.1, -0.05) is 0 Å². The summed E-state index contributed by atoms with van der Waals surface area (Å²) in [6, 6.07) is 0.107. The summed E-state index contributed by atoms with van der Waals surface area (Å²) in [5, 5.41) is 16.7. The SMILES string of the molecule is CC(C)=NC(=N)N1CCC[C@H]1CO. The average molecular weight is 183 g/mol. The van der Waals surface area contributed by atoms with Gasteiger partial charge in [-0.3, -0.25) is 5.41 Å². The maximum atomic E-state index is 9.03. The number of guanidine groups is 1. The molecule has 2 N–H and O–H groups in total. The van der Waals surface area contributed by atoms with Crippen LogP contribution in [-0.4, -0.2) is 40.9 Å². The quantitative estimate of drug-likeness (QED) is 0.468. The van der Waals surface area contributed by atoms with Crippen LogP contribution in [0, 0.1) is 5.41 Å². The fourth-order valence-corrected chi connectivity index (χ4v) is 1.58. The molecule has 0 amide bonds. The lowest BCUT2D eigenvalue weighted by molar-refractivity contribution is 0.207. The van der Waals surface area contributed by atoms with Gasteiger partial charge in [-0.15, -0.1) is 0 Å². The number of hydrogen-bond acceptors (Lipinski definition) is 2. The molecule has 1 rings (SSSR count). The monoisotopic (exact) mass is 183 g/mol. The average Bonchev–Trinajstić information content (AvgIpc) is 2.49. The van der Waals surface area contributed by atoms with E-state index in [1.165, 1.54) is 0 Å². The Kier molecular flexibility index (Phi) is 3.42. The molecule has 1 aliphatic rings. The van der Waals surface area contributed by atoms with Crippen molar-refractivity contribution < 1.29 is 5.11 Å². The molecule has 74 valence electrons. The van der Waals surface area contributed by atoms with E-state index in [4.69, 9.17) is 10.5 Å². The molecule has 0 aromatic carbocycles. The molecule has 0 aliphatic carbocycles. The first-order valence-electron chi connectivity index (χ1n) is 4.63. The number of likely N-dealkylation sites (tertiary alicyclic amines) is 1. The summed E-state index contributed by atoms with van der Waals surface area (Å²) in [6.07, 6.45) is 2.02. The van der Waals surface area contributed by atoms with Crippen molar-refractivity contribution in [2.45, 2.75) is 32.7 Å². The minimum atomic E-state index is 0.107. The Hall–Kier alpha value is -0.900. The molecule has 13 heavy (non-hydrogen) atoms. The zero-order valence-corrected chi connectivity index (χ0v) is 8.25. The van der Waals surface area contributed by atoms with Crippen LogP contribution in [0.25, 0.3) is 0 Å². The first-order chi connectivity index (χ1) is 6.15. The number of aliphatic imine (C=N–C) groups is 1. The Bertz CT molecular complexity index is 221. The van der Waals surface area contributed by atoms with Gasteiger partial charge in [-0.05, 0) is 26.7 Å². The fraction of sp³-hybridized carbons (Fsp3) is 0.778. The second-order valence-corrected chi connectivity index (χ2v) is 3.55. The summed E-state index contributed by atoms with van der Waals surface area (Å²) in [6.45, 7) is 4.72. The smallest absolute Gasteiger partial charge is 0.217 e. The molecule has 0 aromatic heterocycles. The molecule has 1 fully saturated rings. The van der Waals surface area contributed by atoms with Gasteiger partial charge < -0.3 is 10.0 Å². The Morgan fingerprint density at radius 3 is 2.85 bits per heavy atom. The van der Waals surface area contributed by atoms with E-state index >= 15 is 0 Å². The topological polar surface area (TPSA) is 59.7 Å². The van der Waals surface area contributed by atoms with Crippen molar-refractivity contribution in [2.75, 3.05) is 13.2 Å². The van der Waals surface area contributed by atoms with Gasteiger partial charge in [-0.25, -0.2) is 4.99 Å². The van der Waals surface area contributed by atoms with Gasteiger partial charge in [0.25, 0.3) is 0 Å². The highest BCUT2D eigenvalue weighted by Crippen LogP contribution is 2.16. The van der Waals surface area contributed by atoms with E-state index in [1.807, 2.05) is 18.7 Å². The van der Waals surface area contributed by atoms with Crippen molar-refractivity contribution in [1.82, 2.24) is 4.90 Å². The lowest BCUT2D eigenvalue weighted by Crippen LogP contribution is -2.36. The van der Waals surface area contributed by atoms with Crippen LogP contribution in [0.5, 0.6) is 0 Å². The van der Waals surface area contributed by atoms with Gasteiger partial charge in [-0.2, -0.15) is 0 Å². The molecule has 4 nitrogen and oxygen atoms in total. The summed E-state index contributed by atoms with van der Waals surface area (Å²) in [7, 11) is 0. The van der Waals surface area contributed by atoms with Crippen molar-refractivity contribution >= 4 is 11.7 Å². The maximum absolute atomic E-state index is 9.03. The first kappa shape index (κ1) is 10.2.